The Hall–Kier alpha value is -2.76. The maximum Gasteiger partial charge on any atom is 0.420 e. The highest BCUT2D eigenvalue weighted by Gasteiger charge is 2.17. The third-order valence-corrected chi connectivity index (χ3v) is 2.84. The Balaban J connectivity index is 2.11. The molecule has 3 rings (SSSR count). The third-order valence-electron chi connectivity index (χ3n) is 2.84. The van der Waals surface area contributed by atoms with Crippen LogP contribution >= 0.6 is 0 Å². The van der Waals surface area contributed by atoms with Crippen LogP contribution in [0.1, 0.15) is 16.1 Å². The van der Waals surface area contributed by atoms with E-state index in [4.69, 9.17) is 13.9 Å². The molecular formula is C13H9NO5. The molecule has 0 aliphatic carbocycles. The zero-order valence-corrected chi connectivity index (χ0v) is 9.70. The molecule has 0 saturated carbocycles. The predicted octanol–water partition coefficient (Wildman–Crippen LogP) is 1.93. The fraction of sp³-hybridized carbons (Fsp3) is 0.0769. The topological polar surface area (TPSA) is 85.6 Å². The van der Waals surface area contributed by atoms with Gasteiger partial charge >= 0.3 is 11.7 Å². The molecule has 0 bridgehead atoms. The average molecular weight is 259 g/mol. The number of furan rings is 1. The summed E-state index contributed by atoms with van der Waals surface area (Å²) in [5, 5.41) is 8.96. The van der Waals surface area contributed by atoms with Gasteiger partial charge < -0.3 is 13.9 Å². The Morgan fingerprint density at radius 2 is 2.05 bits per heavy atom. The molecule has 0 aliphatic rings. The molecule has 2 aromatic heterocycles. The molecular weight excluding hydrogens is 250 g/mol. The number of para-hydroxylation sites is 2. The summed E-state index contributed by atoms with van der Waals surface area (Å²) < 4.78 is 11.3. The first-order valence-corrected chi connectivity index (χ1v) is 5.55. The normalized spacial score (nSPS) is 10.9. The Kier molecular flexibility index (Phi) is 2.49. The Bertz CT molecular complexity index is 808. The SMILES string of the molecule is O=C(O)c1occc1Cn1c(=O)oc2ccccc21. The summed E-state index contributed by atoms with van der Waals surface area (Å²) in [5.74, 6) is -1.86. The van der Waals surface area contributed by atoms with Crippen molar-refractivity contribution in [3.8, 4) is 0 Å². The minimum absolute atomic E-state index is 0.0912. The van der Waals surface area contributed by atoms with Crippen LogP contribution < -0.4 is 5.76 Å². The fourth-order valence-corrected chi connectivity index (χ4v) is 1.98. The van der Waals surface area contributed by atoms with Gasteiger partial charge in [0.05, 0.1) is 18.3 Å². The first kappa shape index (κ1) is 11.3. The molecule has 3 aromatic rings. The second-order valence-electron chi connectivity index (χ2n) is 4.00. The molecule has 6 nitrogen and oxygen atoms in total. The predicted molar refractivity (Wildman–Crippen MR) is 65.2 cm³/mol. The van der Waals surface area contributed by atoms with Crippen molar-refractivity contribution in [2.45, 2.75) is 6.54 Å². The van der Waals surface area contributed by atoms with Gasteiger partial charge in [0.1, 0.15) is 0 Å². The summed E-state index contributed by atoms with van der Waals surface area (Å²) >= 11 is 0. The van der Waals surface area contributed by atoms with Crippen LogP contribution in [-0.4, -0.2) is 15.6 Å². The second kappa shape index (κ2) is 4.16. The summed E-state index contributed by atoms with van der Waals surface area (Å²) in [6.45, 7) is 0.0912. The van der Waals surface area contributed by atoms with Gasteiger partial charge in [0, 0.05) is 5.56 Å². The van der Waals surface area contributed by atoms with Gasteiger partial charge in [0.2, 0.25) is 5.76 Å². The summed E-state index contributed by atoms with van der Waals surface area (Å²) in [5.41, 5.74) is 1.50. The molecule has 0 amide bonds. The highest BCUT2D eigenvalue weighted by Crippen LogP contribution is 2.16. The van der Waals surface area contributed by atoms with E-state index in [2.05, 4.69) is 0 Å². The molecule has 1 N–H and O–H groups in total. The van der Waals surface area contributed by atoms with Crippen LogP contribution in [0.15, 0.2) is 50.2 Å². The molecule has 0 radical (unpaired) electrons. The minimum Gasteiger partial charge on any atom is -0.475 e. The van der Waals surface area contributed by atoms with Gasteiger partial charge in [-0.1, -0.05) is 12.1 Å². The van der Waals surface area contributed by atoms with Crippen LogP contribution in [0.4, 0.5) is 0 Å². The number of aromatic carboxylic acids is 1. The minimum atomic E-state index is -1.17. The number of fused-ring (bicyclic) bond motifs is 1. The van der Waals surface area contributed by atoms with Crippen LogP contribution in [0, 0.1) is 0 Å². The van der Waals surface area contributed by atoms with Gasteiger partial charge in [0.15, 0.2) is 5.58 Å². The number of oxazole rings is 1. The molecule has 0 aliphatic heterocycles. The van der Waals surface area contributed by atoms with Crippen molar-refractivity contribution in [2.75, 3.05) is 0 Å². The zero-order valence-electron chi connectivity index (χ0n) is 9.70. The fourth-order valence-electron chi connectivity index (χ4n) is 1.98. The maximum atomic E-state index is 11.8. The highest BCUT2D eigenvalue weighted by atomic mass is 16.4. The van der Waals surface area contributed by atoms with Crippen LogP contribution in [0.5, 0.6) is 0 Å². The largest absolute Gasteiger partial charge is 0.475 e. The molecule has 0 saturated heterocycles. The zero-order chi connectivity index (χ0) is 13.4. The van der Waals surface area contributed by atoms with E-state index in [1.54, 1.807) is 24.3 Å². The van der Waals surface area contributed by atoms with Crippen molar-refractivity contribution < 1.29 is 18.7 Å². The summed E-state index contributed by atoms with van der Waals surface area (Å²) in [6, 6.07) is 8.48. The maximum absolute atomic E-state index is 11.8. The first-order chi connectivity index (χ1) is 9.16. The average Bonchev–Trinajstić information content (AvgIpc) is 2.96. The van der Waals surface area contributed by atoms with E-state index in [1.807, 2.05) is 0 Å². The smallest absolute Gasteiger partial charge is 0.420 e. The monoisotopic (exact) mass is 259 g/mol. The number of carboxylic acid groups (broad SMARTS) is 1. The molecule has 0 atom stereocenters. The van der Waals surface area contributed by atoms with Gasteiger partial charge in [-0.2, -0.15) is 0 Å². The Morgan fingerprint density at radius 1 is 1.26 bits per heavy atom. The van der Waals surface area contributed by atoms with Crippen LogP contribution in [0.2, 0.25) is 0 Å². The van der Waals surface area contributed by atoms with E-state index in [0.29, 0.717) is 16.7 Å². The van der Waals surface area contributed by atoms with E-state index < -0.39 is 11.7 Å². The van der Waals surface area contributed by atoms with Gasteiger partial charge in [0.25, 0.3) is 0 Å². The van der Waals surface area contributed by atoms with Crippen LogP contribution in [-0.2, 0) is 6.54 Å². The van der Waals surface area contributed by atoms with E-state index in [1.165, 1.54) is 16.9 Å². The van der Waals surface area contributed by atoms with E-state index >= 15 is 0 Å². The number of hydrogen-bond donors (Lipinski definition) is 1. The lowest BCUT2D eigenvalue weighted by Gasteiger charge is -2.00. The lowest BCUT2D eigenvalue weighted by Crippen LogP contribution is -2.16. The van der Waals surface area contributed by atoms with Crippen LogP contribution in [0.25, 0.3) is 11.1 Å². The number of aromatic nitrogens is 1. The van der Waals surface area contributed by atoms with Gasteiger partial charge in [-0.05, 0) is 18.2 Å². The van der Waals surface area contributed by atoms with Crippen molar-refractivity contribution in [1.82, 2.24) is 4.57 Å². The Morgan fingerprint density at radius 3 is 2.84 bits per heavy atom. The van der Waals surface area contributed by atoms with E-state index in [-0.39, 0.29) is 12.3 Å². The van der Waals surface area contributed by atoms with E-state index in [0.717, 1.165) is 0 Å². The number of carboxylic acids is 1. The summed E-state index contributed by atoms with van der Waals surface area (Å²) in [4.78, 5) is 22.7. The highest BCUT2D eigenvalue weighted by molar-refractivity contribution is 5.86. The van der Waals surface area contributed by atoms with Crippen molar-refractivity contribution in [1.29, 1.82) is 0 Å². The summed E-state index contributed by atoms with van der Waals surface area (Å²) in [7, 11) is 0. The third kappa shape index (κ3) is 1.83. The number of benzene rings is 1. The lowest BCUT2D eigenvalue weighted by atomic mass is 10.2. The van der Waals surface area contributed by atoms with Crippen molar-refractivity contribution in [3.05, 3.63) is 58.5 Å². The first-order valence-electron chi connectivity index (χ1n) is 5.55. The molecule has 1 aromatic carbocycles. The number of hydrogen-bond acceptors (Lipinski definition) is 4. The molecule has 2 heterocycles. The van der Waals surface area contributed by atoms with Gasteiger partial charge in [-0.3, -0.25) is 4.57 Å². The van der Waals surface area contributed by atoms with Crippen molar-refractivity contribution in [2.24, 2.45) is 0 Å². The summed E-state index contributed by atoms with van der Waals surface area (Å²) in [6.07, 6.45) is 1.28. The van der Waals surface area contributed by atoms with E-state index in [9.17, 15) is 9.59 Å². The number of carbonyl (C=O) groups is 1. The second-order valence-corrected chi connectivity index (χ2v) is 4.00. The van der Waals surface area contributed by atoms with Gasteiger partial charge in [-0.15, -0.1) is 0 Å². The molecule has 19 heavy (non-hydrogen) atoms. The van der Waals surface area contributed by atoms with Crippen LogP contribution in [0.3, 0.4) is 0 Å². The lowest BCUT2D eigenvalue weighted by molar-refractivity contribution is 0.0660. The molecule has 0 fully saturated rings. The molecule has 0 spiro atoms. The standard InChI is InChI=1S/C13H9NO5/c15-12(16)11-8(5-6-18-11)7-14-9-3-1-2-4-10(9)19-13(14)17/h1-6H,7H2,(H,15,16). The molecule has 0 unspecified atom stereocenters. The molecule has 96 valence electrons. The van der Waals surface area contributed by atoms with Crippen molar-refractivity contribution >= 4 is 17.1 Å². The number of nitrogens with zero attached hydrogens (tertiary/aromatic N) is 1. The van der Waals surface area contributed by atoms with Crippen molar-refractivity contribution in [3.63, 3.8) is 0 Å². The molecule has 6 heteroatoms. The number of rotatable bonds is 3. The Labute approximate surface area is 106 Å². The quantitative estimate of drug-likeness (QED) is 0.776. The van der Waals surface area contributed by atoms with Gasteiger partial charge in [-0.25, -0.2) is 9.59 Å².